The van der Waals surface area contributed by atoms with Crippen LogP contribution in [0.2, 0.25) is 10.0 Å². The first kappa shape index (κ1) is 87.5. The summed E-state index contributed by atoms with van der Waals surface area (Å²) >= 11 is 19.0. The first-order chi connectivity index (χ1) is 45.9. The summed E-state index contributed by atoms with van der Waals surface area (Å²) < 4.78 is 122. The monoisotopic (exact) mass is 1700 g/mol. The summed E-state index contributed by atoms with van der Waals surface area (Å²) in [7, 11) is -8.34. The number of carbonyl (C=O) groups excluding carboxylic acids is 8. The average molecular weight is 1700 g/mol. The van der Waals surface area contributed by atoms with E-state index in [0.29, 0.717) is 36.4 Å². The third kappa shape index (κ3) is 32.2. The van der Waals surface area contributed by atoms with E-state index in [2.05, 4.69) is 30.1 Å². The Kier molecular flexibility index (Phi) is 42.4. The zero-order chi connectivity index (χ0) is 70.5. The van der Waals surface area contributed by atoms with Gasteiger partial charge in [0.05, 0.1) is 45.8 Å². The van der Waals surface area contributed by atoms with Crippen molar-refractivity contribution in [2.45, 2.75) is 82.7 Å². The molecule has 3 amide bonds. The quantitative estimate of drug-likeness (QED) is 0.0143. The fourth-order valence-corrected chi connectivity index (χ4v) is 12.8. The van der Waals surface area contributed by atoms with Gasteiger partial charge in [-0.25, -0.2) is 53.9 Å². The number of benzene rings is 5. The van der Waals surface area contributed by atoms with Crippen LogP contribution in [0, 0.1) is 11.6 Å². The van der Waals surface area contributed by atoms with Gasteiger partial charge in [-0.3, -0.25) is 19.1 Å². The molecule has 0 aliphatic heterocycles. The number of halogens is 7. The number of sulfonamides is 2. The molecule has 2 aliphatic rings. The van der Waals surface area contributed by atoms with Crippen molar-refractivity contribution >= 4 is 137 Å². The van der Waals surface area contributed by atoms with Crippen LogP contribution in [-0.2, 0) is 102 Å². The van der Waals surface area contributed by atoms with Gasteiger partial charge in [-0.2, -0.15) is 0 Å². The molecule has 0 saturated heterocycles. The van der Waals surface area contributed by atoms with Crippen LogP contribution < -0.4 is 78.5 Å². The number of alkyl carbamates (subject to hydrolysis) is 3. The zero-order valence-electron chi connectivity index (χ0n) is 53.0. The van der Waals surface area contributed by atoms with Crippen LogP contribution in [0.4, 0.5) is 34.5 Å². The summed E-state index contributed by atoms with van der Waals surface area (Å²) in [4.78, 5) is 92.9. The molecule has 5 aromatic rings. The number of hydrogen-bond acceptors (Lipinski definition) is 20. The van der Waals surface area contributed by atoms with Gasteiger partial charge in [-0.15, -0.1) is 0 Å². The molecule has 5 aromatic carbocycles. The van der Waals surface area contributed by atoms with E-state index in [9.17, 15) is 64.0 Å². The van der Waals surface area contributed by atoms with E-state index >= 15 is 0 Å². The van der Waals surface area contributed by atoms with Crippen molar-refractivity contribution in [3.05, 3.63) is 189 Å². The number of nitrogens with one attached hydrogen (secondary N) is 4. The Bertz CT molecular complexity index is 3630. The van der Waals surface area contributed by atoms with Gasteiger partial charge in [0, 0.05) is 0 Å². The van der Waals surface area contributed by atoms with Gasteiger partial charge in [0.15, 0.2) is 12.8 Å². The van der Waals surface area contributed by atoms with Crippen LogP contribution in [0.5, 0.6) is 0 Å². The second-order valence-corrected chi connectivity index (χ2v) is 25.1. The van der Waals surface area contributed by atoms with E-state index in [1.807, 2.05) is 89.3 Å². The van der Waals surface area contributed by atoms with Crippen molar-refractivity contribution < 1.29 is 155 Å². The molecular formula is C63H69Cl3F2I2N5NaO20S2. The third-order valence-electron chi connectivity index (χ3n) is 12.7. The largest absolute Gasteiger partial charge is 1.00 e. The number of nitrogens with zero attached hydrogens (tertiary/aromatic N) is 1. The summed E-state index contributed by atoms with van der Waals surface area (Å²) in [6.45, 7) is 2.00. The van der Waals surface area contributed by atoms with E-state index in [1.54, 1.807) is 44.2 Å². The molecule has 2 unspecified atom stereocenters. The molecule has 0 bridgehead atoms. The summed E-state index contributed by atoms with van der Waals surface area (Å²) in [5.74, 6) is -4.47. The fourth-order valence-electron chi connectivity index (χ4n) is 8.27. The number of allylic oxidation sites excluding steroid dienone is 2. The van der Waals surface area contributed by atoms with Gasteiger partial charge in [-0.1, -0.05) is 138 Å². The molecule has 98 heavy (non-hydrogen) atoms. The molecule has 0 radical (unpaired) electrons. The van der Waals surface area contributed by atoms with Crippen molar-refractivity contribution in [3.8, 4) is 0 Å². The normalized spacial score (nSPS) is 13.6. The Morgan fingerprint density at radius 3 is 1.35 bits per heavy atom. The minimum atomic E-state index is -4.43. The van der Waals surface area contributed by atoms with Crippen LogP contribution in [-0.4, -0.2) is 126 Å². The molecule has 0 spiro atoms. The minimum Gasteiger partial charge on any atom is -1.00 e. The summed E-state index contributed by atoms with van der Waals surface area (Å²) in [6.07, 6.45) is 3.23. The standard InChI is InChI=1S/C26H28ClFN2O8S.C15H17ClFNO4S.C11H12ClNO4.C11H12INO4.HI.Na/c1-2-36-25(32)20-10-6-7-11-23(20)39(34,35)30(22-13-12-19(28)14-21(22)27)17-38-26(33)29-15-24(31)37-16-18-8-4-3-5-9-18;1-2-22-15(19)11-5-3-4-6-14(11)23(20,21)18-13-8-7-10(17)9-12(13)16;2*12-8-17-11(15)13-6-10(14)16-7-9-4-2-1-3-5-9;;/h3-5,8-10,12-14,23H,2,6-7,11,15-17H2,1H3,(H,29,33);5,7-9,14,18H,2-4,6H2,1H3;2*1-5H,6-8H2,(H,13,15);1H;/q;;;;;+1/p-1. The van der Waals surface area contributed by atoms with E-state index in [4.69, 9.17) is 63.2 Å². The average Bonchev–Trinajstić information content (AvgIpc) is 0.778. The van der Waals surface area contributed by atoms with E-state index in [-0.39, 0.29) is 149 Å². The smallest absolute Gasteiger partial charge is 1.00 e. The van der Waals surface area contributed by atoms with Gasteiger partial charge < -0.3 is 77.8 Å². The summed E-state index contributed by atoms with van der Waals surface area (Å²) in [6, 6.07) is 33.6. The predicted octanol–water partition coefficient (Wildman–Crippen LogP) is 4.86. The van der Waals surface area contributed by atoms with Crippen LogP contribution >= 0.6 is 57.4 Å². The first-order valence-corrected chi connectivity index (χ1v) is 34.9. The maximum absolute atomic E-state index is 13.8. The predicted molar refractivity (Wildman–Crippen MR) is 358 cm³/mol. The van der Waals surface area contributed by atoms with Crippen molar-refractivity contribution in [3.63, 3.8) is 0 Å². The Morgan fingerprint density at radius 2 is 0.939 bits per heavy atom. The van der Waals surface area contributed by atoms with E-state index < -0.39 is 104 Å². The molecule has 2 atom stereocenters. The number of alkyl halides is 2. The minimum absolute atomic E-state index is 0. The number of rotatable bonds is 26. The molecule has 0 fully saturated rings. The van der Waals surface area contributed by atoms with Gasteiger partial charge >= 0.3 is 77.7 Å². The molecule has 2 aliphatic carbocycles. The SMILES string of the molecule is CCOC(=O)C1=CCCCC1S(=O)(=O)N(COC(=O)NCC(=O)OCc1ccccc1)c1ccc(F)cc1Cl.CCOC(=O)C1=CCCCC1S(=O)(=O)Nc1ccc(F)cc1Cl.O=C(CNC(=O)OCCl)OCc1ccccc1.O=C(CNC(=O)OCI)OCc1ccccc1.[I-].[Na+]. The van der Waals surface area contributed by atoms with Crippen molar-refractivity contribution in [2.75, 3.05) is 59.3 Å². The molecule has 528 valence electrons. The molecular weight excluding hydrogens is 1630 g/mol. The Morgan fingerprint density at radius 1 is 0.541 bits per heavy atom. The van der Waals surface area contributed by atoms with E-state index in [1.165, 1.54) is 12.1 Å². The maximum Gasteiger partial charge on any atom is 1.00 e. The number of esters is 5. The first-order valence-electron chi connectivity index (χ1n) is 29.0. The Hall–Kier alpha value is -6.57. The molecule has 4 N–H and O–H groups in total. The second-order valence-electron chi connectivity index (χ2n) is 19.5. The maximum atomic E-state index is 13.8. The van der Waals surface area contributed by atoms with Crippen LogP contribution in [0.25, 0.3) is 0 Å². The molecule has 0 saturated carbocycles. The number of carbonyl (C=O) groups is 8. The van der Waals surface area contributed by atoms with Crippen LogP contribution in [0.15, 0.2) is 151 Å². The third-order valence-corrected chi connectivity index (χ3v) is 17.6. The molecule has 25 nitrogen and oxygen atoms in total. The zero-order valence-corrected chi connectivity index (χ0v) is 63.2. The number of ether oxygens (including phenoxy) is 8. The van der Waals surface area contributed by atoms with Gasteiger partial charge in [0.2, 0.25) is 20.0 Å². The molecule has 0 aromatic heterocycles. The van der Waals surface area contributed by atoms with Crippen molar-refractivity contribution in [1.29, 1.82) is 0 Å². The van der Waals surface area contributed by atoms with Crippen LogP contribution in [0.1, 0.15) is 69.1 Å². The fraction of sp³-hybridized carbons (Fsp3) is 0.333. The number of hydrogen-bond donors (Lipinski definition) is 4. The van der Waals surface area contributed by atoms with Crippen molar-refractivity contribution in [2.24, 2.45) is 0 Å². The molecule has 7 rings (SSSR count). The van der Waals surface area contributed by atoms with Crippen molar-refractivity contribution in [1.82, 2.24) is 16.0 Å². The topological polar surface area (TPSA) is 330 Å². The molecule has 35 heteroatoms. The van der Waals surface area contributed by atoms with Crippen LogP contribution in [0.3, 0.4) is 0 Å². The number of anilines is 2. The van der Waals surface area contributed by atoms with Gasteiger partial charge in [0.25, 0.3) is 0 Å². The summed E-state index contributed by atoms with van der Waals surface area (Å²) in [5.41, 5.74) is 2.52. The molecule has 0 heterocycles. The Labute approximate surface area is 633 Å². The number of amides is 3. The van der Waals surface area contributed by atoms with E-state index in [0.717, 1.165) is 47.0 Å². The van der Waals surface area contributed by atoms with Gasteiger partial charge in [0.1, 0.15) is 66.2 Å². The summed E-state index contributed by atoms with van der Waals surface area (Å²) in [5, 5.41) is 4.03. The Balaban J connectivity index is 0.000000473. The van der Waals surface area contributed by atoms with Gasteiger partial charge in [-0.05, 0) is 128 Å². The second kappa shape index (κ2) is 47.5.